The number of aryl methyl sites for hydroxylation is 2. The summed E-state index contributed by atoms with van der Waals surface area (Å²) < 4.78 is 37.4. The molecule has 1 saturated heterocycles. The molecule has 12 heteroatoms. The van der Waals surface area contributed by atoms with Gasteiger partial charge in [0.05, 0.1) is 29.6 Å². The molecular formula is C19H24N4O6S2. The fraction of sp³-hybridized carbons (Fsp3) is 0.421. The van der Waals surface area contributed by atoms with E-state index in [1.165, 1.54) is 10.4 Å². The van der Waals surface area contributed by atoms with Crippen molar-refractivity contribution in [3.63, 3.8) is 0 Å². The van der Waals surface area contributed by atoms with Crippen LogP contribution in [0, 0.1) is 13.8 Å². The second-order valence-corrected chi connectivity index (χ2v) is 9.80. The van der Waals surface area contributed by atoms with Crippen LogP contribution in [0.2, 0.25) is 0 Å². The first-order valence-corrected chi connectivity index (χ1v) is 12.1. The van der Waals surface area contributed by atoms with Gasteiger partial charge in [0.1, 0.15) is 5.76 Å². The van der Waals surface area contributed by atoms with E-state index in [1.54, 1.807) is 32.0 Å². The molecule has 1 aromatic carbocycles. The molecule has 0 saturated carbocycles. The number of nitrogens with zero attached hydrogens (tertiary/aromatic N) is 2. The van der Waals surface area contributed by atoms with Crippen LogP contribution in [-0.2, 0) is 24.3 Å². The second kappa shape index (κ2) is 10.3. The summed E-state index contributed by atoms with van der Waals surface area (Å²) in [5.74, 6) is 0.347. The van der Waals surface area contributed by atoms with Crippen LogP contribution in [0.1, 0.15) is 11.3 Å². The summed E-state index contributed by atoms with van der Waals surface area (Å²) in [5, 5.41) is 8.92. The van der Waals surface area contributed by atoms with E-state index < -0.39 is 10.0 Å². The average Bonchev–Trinajstić information content (AvgIpc) is 3.14. The minimum absolute atomic E-state index is 0.0324. The summed E-state index contributed by atoms with van der Waals surface area (Å²) in [6, 6.07) is 6.36. The van der Waals surface area contributed by atoms with Crippen molar-refractivity contribution in [1.82, 2.24) is 9.46 Å². The Morgan fingerprint density at radius 2 is 1.77 bits per heavy atom. The van der Waals surface area contributed by atoms with Crippen LogP contribution in [0.3, 0.4) is 0 Å². The van der Waals surface area contributed by atoms with E-state index in [4.69, 9.17) is 9.26 Å². The number of nitrogens with one attached hydrogen (secondary N) is 2. The van der Waals surface area contributed by atoms with Crippen LogP contribution in [0.25, 0.3) is 0 Å². The first-order valence-electron chi connectivity index (χ1n) is 9.55. The predicted octanol–water partition coefficient (Wildman–Crippen LogP) is 1.62. The van der Waals surface area contributed by atoms with Gasteiger partial charge in [-0.05, 0) is 31.5 Å². The lowest BCUT2D eigenvalue weighted by atomic mass is 10.2. The van der Waals surface area contributed by atoms with Crippen LogP contribution in [0.15, 0.2) is 33.7 Å². The first-order chi connectivity index (χ1) is 14.8. The summed E-state index contributed by atoms with van der Waals surface area (Å²) in [5.41, 5.74) is 0.976. The zero-order chi connectivity index (χ0) is 22.4. The Labute approximate surface area is 184 Å². The molecule has 168 valence electrons. The molecule has 10 nitrogen and oxygen atoms in total. The van der Waals surface area contributed by atoms with Gasteiger partial charge in [0.25, 0.3) is 0 Å². The van der Waals surface area contributed by atoms with E-state index in [0.717, 1.165) is 11.8 Å². The molecule has 0 radical (unpaired) electrons. The highest BCUT2D eigenvalue weighted by Gasteiger charge is 2.28. The van der Waals surface area contributed by atoms with Gasteiger partial charge in [-0.2, -0.15) is 4.31 Å². The molecular weight excluding hydrogens is 444 g/mol. The number of benzene rings is 1. The Morgan fingerprint density at radius 3 is 2.42 bits per heavy atom. The van der Waals surface area contributed by atoms with Crippen LogP contribution >= 0.6 is 11.8 Å². The van der Waals surface area contributed by atoms with Crippen molar-refractivity contribution < 1.29 is 27.3 Å². The third kappa shape index (κ3) is 6.29. The van der Waals surface area contributed by atoms with Crippen LogP contribution in [0.4, 0.5) is 11.5 Å². The number of hydrogen-bond acceptors (Lipinski definition) is 8. The number of aromatic nitrogens is 1. The van der Waals surface area contributed by atoms with Crippen molar-refractivity contribution in [3.8, 4) is 0 Å². The Morgan fingerprint density at radius 1 is 1.10 bits per heavy atom. The highest BCUT2D eigenvalue weighted by Crippen LogP contribution is 2.24. The second-order valence-electron chi connectivity index (χ2n) is 6.91. The lowest BCUT2D eigenvalue weighted by Gasteiger charge is -2.26. The molecule has 0 aliphatic carbocycles. The number of sulfonamides is 1. The number of hydrogen-bond donors (Lipinski definition) is 2. The maximum Gasteiger partial charge on any atom is 0.243 e. The average molecular weight is 469 g/mol. The van der Waals surface area contributed by atoms with Gasteiger partial charge in [-0.3, -0.25) is 9.59 Å². The smallest absolute Gasteiger partial charge is 0.243 e. The molecule has 0 spiro atoms. The van der Waals surface area contributed by atoms with Gasteiger partial charge in [-0.15, -0.1) is 11.8 Å². The van der Waals surface area contributed by atoms with Crippen molar-refractivity contribution in [2.45, 2.75) is 18.7 Å². The minimum Gasteiger partial charge on any atom is -0.379 e. The van der Waals surface area contributed by atoms with E-state index in [-0.39, 0.29) is 28.2 Å². The number of morpholine rings is 1. The highest BCUT2D eigenvalue weighted by molar-refractivity contribution is 8.00. The molecule has 31 heavy (non-hydrogen) atoms. The van der Waals surface area contributed by atoms with Gasteiger partial charge in [0.15, 0.2) is 5.82 Å². The van der Waals surface area contributed by atoms with Crippen LogP contribution in [0.5, 0.6) is 0 Å². The van der Waals surface area contributed by atoms with Gasteiger partial charge in [-0.25, -0.2) is 8.42 Å². The van der Waals surface area contributed by atoms with Crippen molar-refractivity contribution in [1.29, 1.82) is 0 Å². The molecule has 1 fully saturated rings. The molecule has 2 heterocycles. The van der Waals surface area contributed by atoms with E-state index in [0.29, 0.717) is 49.1 Å². The van der Waals surface area contributed by atoms with Gasteiger partial charge in [0.2, 0.25) is 21.8 Å². The predicted molar refractivity (Wildman–Crippen MR) is 117 cm³/mol. The summed E-state index contributed by atoms with van der Waals surface area (Å²) in [7, 11) is -3.68. The lowest BCUT2D eigenvalue weighted by Crippen LogP contribution is -2.40. The summed E-state index contributed by atoms with van der Waals surface area (Å²) >= 11 is 1.13. The number of rotatable bonds is 8. The summed E-state index contributed by atoms with van der Waals surface area (Å²) in [6.45, 7) is 4.73. The Balaban J connectivity index is 1.54. The quantitative estimate of drug-likeness (QED) is 0.598. The minimum atomic E-state index is -3.68. The Kier molecular flexibility index (Phi) is 7.70. The molecule has 1 aliphatic rings. The molecule has 0 unspecified atom stereocenters. The molecule has 0 bridgehead atoms. The molecule has 2 amide bonds. The van der Waals surface area contributed by atoms with Crippen molar-refractivity contribution >= 4 is 45.1 Å². The zero-order valence-corrected chi connectivity index (χ0v) is 18.8. The fourth-order valence-corrected chi connectivity index (χ4v) is 5.20. The van der Waals surface area contributed by atoms with E-state index in [9.17, 15) is 18.0 Å². The van der Waals surface area contributed by atoms with E-state index >= 15 is 0 Å². The van der Waals surface area contributed by atoms with Crippen molar-refractivity contribution in [2.75, 3.05) is 48.4 Å². The monoisotopic (exact) mass is 468 g/mol. The number of ether oxygens (including phenoxy) is 1. The van der Waals surface area contributed by atoms with Gasteiger partial charge >= 0.3 is 0 Å². The van der Waals surface area contributed by atoms with Crippen LogP contribution < -0.4 is 10.6 Å². The van der Waals surface area contributed by atoms with E-state index in [1.807, 2.05) is 0 Å². The normalized spacial score (nSPS) is 14.9. The van der Waals surface area contributed by atoms with Crippen molar-refractivity contribution in [2.24, 2.45) is 0 Å². The lowest BCUT2D eigenvalue weighted by molar-refractivity contribution is -0.114. The van der Waals surface area contributed by atoms with Gasteiger partial charge in [0, 0.05) is 24.8 Å². The number of carbonyl (C=O) groups excluding carboxylic acids is 2. The topological polar surface area (TPSA) is 131 Å². The van der Waals surface area contributed by atoms with Gasteiger partial charge < -0.3 is 19.9 Å². The maximum atomic E-state index is 12.9. The number of carbonyl (C=O) groups is 2. The number of anilines is 2. The SMILES string of the molecule is Cc1cc(NC(=O)CSCC(=O)Nc2ccc(C)c(S(=O)(=O)N3CCOCC3)c2)no1. The van der Waals surface area contributed by atoms with Crippen LogP contribution in [-0.4, -0.2) is 67.5 Å². The zero-order valence-electron chi connectivity index (χ0n) is 17.2. The van der Waals surface area contributed by atoms with Crippen molar-refractivity contribution in [3.05, 3.63) is 35.6 Å². The Hall–Kier alpha value is -2.41. The number of thioether (sulfide) groups is 1. The Bertz CT molecular complexity index is 1050. The summed E-state index contributed by atoms with van der Waals surface area (Å²) in [4.78, 5) is 24.3. The molecule has 3 rings (SSSR count). The summed E-state index contributed by atoms with van der Waals surface area (Å²) in [6.07, 6.45) is 0. The largest absolute Gasteiger partial charge is 0.379 e. The van der Waals surface area contributed by atoms with E-state index in [2.05, 4.69) is 15.8 Å². The third-order valence-electron chi connectivity index (χ3n) is 4.42. The fourth-order valence-electron chi connectivity index (χ4n) is 2.92. The molecule has 1 aromatic heterocycles. The molecule has 2 N–H and O–H groups in total. The standard InChI is InChI=1S/C19H24N4O6S2/c1-13-3-4-15(10-16(13)31(26,27)23-5-7-28-8-6-23)20-18(24)11-30-12-19(25)21-17-9-14(2)29-22-17/h3-4,9-10H,5-8,11-12H2,1-2H3,(H,20,24)(H,21,22,25). The molecule has 2 aromatic rings. The third-order valence-corrected chi connectivity index (χ3v) is 7.39. The maximum absolute atomic E-state index is 12.9. The number of amides is 2. The highest BCUT2D eigenvalue weighted by atomic mass is 32.2. The van der Waals surface area contributed by atoms with Gasteiger partial charge in [-0.1, -0.05) is 11.2 Å². The molecule has 0 atom stereocenters. The first kappa shape index (κ1) is 23.3. The molecule has 1 aliphatic heterocycles.